The Kier molecular flexibility index (Phi) is 4.20. The smallest absolute Gasteiger partial charge is 0.193 e. The van der Waals surface area contributed by atoms with Gasteiger partial charge in [-0.2, -0.15) is 0 Å². The second-order valence-corrected chi connectivity index (χ2v) is 10.9. The van der Waals surface area contributed by atoms with Crippen LogP contribution in [-0.4, -0.2) is 52.0 Å². The largest absolute Gasteiger partial charge is 0.393 e. The first-order chi connectivity index (χ1) is 14.0. The topological polar surface area (TPSA) is 93.1 Å². The van der Waals surface area contributed by atoms with Gasteiger partial charge >= 0.3 is 0 Å². The number of carbonyl (C=O) groups excluding carboxylic acids is 2. The lowest BCUT2D eigenvalue weighted by molar-refractivity contribution is -0.225. The molecule has 164 valence electrons. The normalized spacial score (nSPS) is 50.9. The van der Waals surface area contributed by atoms with Crippen LogP contribution in [0.3, 0.4) is 0 Å². The molecule has 8 atom stereocenters. The lowest BCUT2D eigenvalue weighted by Gasteiger charge is -2.59. The van der Waals surface area contributed by atoms with E-state index in [9.17, 15) is 19.8 Å². The molecule has 0 spiro atoms. The first-order valence-corrected chi connectivity index (χ1v) is 11.1. The number of hydrogen-bond acceptors (Lipinski definition) is 6. The second kappa shape index (κ2) is 6.12. The van der Waals surface area contributed by atoms with Crippen LogP contribution in [0.2, 0.25) is 0 Å². The number of ether oxygens (including phenoxy) is 2. The Labute approximate surface area is 177 Å². The number of fused-ring (bicyclic) bond motifs is 7. The minimum atomic E-state index is -1.24. The molecule has 2 N–H and O–H groups in total. The van der Waals surface area contributed by atoms with Crippen LogP contribution in [0.5, 0.6) is 0 Å². The molecule has 5 aliphatic rings. The Bertz CT molecular complexity index is 873. The molecule has 0 aromatic heterocycles. The van der Waals surface area contributed by atoms with Crippen LogP contribution in [-0.2, 0) is 19.1 Å². The van der Waals surface area contributed by atoms with Crippen molar-refractivity contribution in [1.82, 2.24) is 0 Å². The number of Topliss-reactive ketones (excluding diaryl/α,β-unsaturated/α-hetero) is 1. The fraction of sp³-hybridized carbons (Fsp3) is 0.750. The van der Waals surface area contributed by atoms with E-state index in [1.165, 1.54) is 0 Å². The summed E-state index contributed by atoms with van der Waals surface area (Å²) in [6.45, 7) is 7.19. The molecule has 1 unspecified atom stereocenters. The molecular formula is C24H32O6. The van der Waals surface area contributed by atoms with E-state index < -0.39 is 35.6 Å². The van der Waals surface area contributed by atoms with Gasteiger partial charge in [-0.25, -0.2) is 0 Å². The predicted octanol–water partition coefficient (Wildman–Crippen LogP) is 2.33. The number of carbonyl (C=O) groups is 2. The quantitative estimate of drug-likeness (QED) is 0.718. The van der Waals surface area contributed by atoms with E-state index in [1.54, 1.807) is 26.0 Å². The van der Waals surface area contributed by atoms with Crippen molar-refractivity contribution in [3.05, 3.63) is 23.8 Å². The van der Waals surface area contributed by atoms with Gasteiger partial charge in [0, 0.05) is 16.7 Å². The van der Waals surface area contributed by atoms with Crippen molar-refractivity contribution in [1.29, 1.82) is 0 Å². The van der Waals surface area contributed by atoms with Crippen LogP contribution in [0, 0.1) is 28.6 Å². The Morgan fingerprint density at radius 3 is 2.70 bits per heavy atom. The van der Waals surface area contributed by atoms with Gasteiger partial charge in [-0.15, -0.1) is 0 Å². The summed E-state index contributed by atoms with van der Waals surface area (Å²) in [5.41, 5.74) is -1.12. The molecule has 30 heavy (non-hydrogen) atoms. The lowest BCUT2D eigenvalue weighted by Crippen LogP contribution is -2.63. The molecule has 6 nitrogen and oxygen atoms in total. The minimum Gasteiger partial charge on any atom is -0.393 e. The minimum absolute atomic E-state index is 0.0167. The van der Waals surface area contributed by atoms with E-state index in [0.29, 0.717) is 12.8 Å². The fourth-order valence-corrected chi connectivity index (χ4v) is 8.04. The van der Waals surface area contributed by atoms with Crippen LogP contribution >= 0.6 is 0 Å². The van der Waals surface area contributed by atoms with Gasteiger partial charge in [0.05, 0.1) is 12.2 Å². The first-order valence-electron chi connectivity index (χ1n) is 11.1. The molecule has 4 aliphatic carbocycles. The van der Waals surface area contributed by atoms with Crippen molar-refractivity contribution in [2.45, 2.75) is 77.0 Å². The number of ketones is 2. The maximum atomic E-state index is 13.2. The van der Waals surface area contributed by atoms with Crippen molar-refractivity contribution in [2.24, 2.45) is 28.6 Å². The van der Waals surface area contributed by atoms with Crippen LogP contribution in [0.15, 0.2) is 23.8 Å². The number of rotatable bonds is 2. The molecule has 0 amide bonds. The summed E-state index contributed by atoms with van der Waals surface area (Å²) in [4.78, 5) is 25.1. The molecule has 1 aliphatic heterocycles. The van der Waals surface area contributed by atoms with Crippen LogP contribution < -0.4 is 0 Å². The average Bonchev–Trinajstić information content (AvgIpc) is 3.07. The first kappa shape index (κ1) is 20.6. The van der Waals surface area contributed by atoms with Gasteiger partial charge in [-0.3, -0.25) is 9.59 Å². The van der Waals surface area contributed by atoms with Gasteiger partial charge in [0.1, 0.15) is 6.61 Å². The van der Waals surface area contributed by atoms with E-state index in [1.807, 2.05) is 13.0 Å². The highest BCUT2D eigenvalue weighted by molar-refractivity contribution is 6.01. The van der Waals surface area contributed by atoms with E-state index >= 15 is 0 Å². The van der Waals surface area contributed by atoms with Gasteiger partial charge in [0.25, 0.3) is 0 Å². The van der Waals surface area contributed by atoms with Gasteiger partial charge in [0.2, 0.25) is 0 Å². The average molecular weight is 417 g/mol. The lowest BCUT2D eigenvalue weighted by atomic mass is 9.46. The molecule has 4 fully saturated rings. The van der Waals surface area contributed by atoms with E-state index in [4.69, 9.17) is 9.47 Å². The summed E-state index contributed by atoms with van der Waals surface area (Å²) in [7, 11) is 0. The summed E-state index contributed by atoms with van der Waals surface area (Å²) in [5.74, 6) is -0.947. The number of allylic oxidation sites excluding steroid dienone is 4. The van der Waals surface area contributed by atoms with Crippen molar-refractivity contribution in [3.8, 4) is 0 Å². The Morgan fingerprint density at radius 2 is 2.00 bits per heavy atom. The maximum absolute atomic E-state index is 13.2. The summed E-state index contributed by atoms with van der Waals surface area (Å²) < 4.78 is 12.6. The number of aliphatic hydroxyl groups excluding tert-OH is 2. The molecule has 1 heterocycles. The van der Waals surface area contributed by atoms with Gasteiger partial charge in [-0.1, -0.05) is 25.5 Å². The van der Waals surface area contributed by atoms with Gasteiger partial charge in [0.15, 0.2) is 23.0 Å². The van der Waals surface area contributed by atoms with Gasteiger partial charge < -0.3 is 19.7 Å². The van der Waals surface area contributed by atoms with E-state index in [2.05, 4.69) is 6.92 Å². The van der Waals surface area contributed by atoms with Gasteiger partial charge in [-0.05, 0) is 63.5 Å². The molecule has 0 aromatic rings. The van der Waals surface area contributed by atoms with Crippen LogP contribution in [0.1, 0.15) is 53.4 Å². The highest BCUT2D eigenvalue weighted by Gasteiger charge is 2.76. The summed E-state index contributed by atoms with van der Waals surface area (Å²) in [5, 5.41) is 21.3. The van der Waals surface area contributed by atoms with Crippen molar-refractivity contribution in [3.63, 3.8) is 0 Å². The molecule has 0 aromatic carbocycles. The molecule has 0 bridgehead atoms. The van der Waals surface area contributed by atoms with Crippen LogP contribution in [0.4, 0.5) is 0 Å². The highest BCUT2D eigenvalue weighted by atomic mass is 16.8. The summed E-state index contributed by atoms with van der Waals surface area (Å²) in [6, 6.07) is 0. The third-order valence-electron chi connectivity index (χ3n) is 9.05. The zero-order valence-electron chi connectivity index (χ0n) is 18.2. The van der Waals surface area contributed by atoms with Crippen molar-refractivity contribution < 1.29 is 29.3 Å². The number of aliphatic hydroxyl groups is 2. The monoisotopic (exact) mass is 416 g/mol. The van der Waals surface area contributed by atoms with Crippen LogP contribution in [0.25, 0.3) is 0 Å². The number of hydrogen-bond donors (Lipinski definition) is 2. The zero-order valence-corrected chi connectivity index (χ0v) is 18.2. The molecule has 0 radical (unpaired) electrons. The van der Waals surface area contributed by atoms with Crippen molar-refractivity contribution >= 4 is 11.6 Å². The summed E-state index contributed by atoms with van der Waals surface area (Å²) in [6.07, 6.45) is 7.04. The Hall–Kier alpha value is -1.34. The summed E-state index contributed by atoms with van der Waals surface area (Å²) >= 11 is 0. The third-order valence-corrected chi connectivity index (χ3v) is 9.05. The zero-order chi connectivity index (χ0) is 21.7. The van der Waals surface area contributed by atoms with E-state index in [0.717, 1.165) is 18.4 Å². The second-order valence-electron chi connectivity index (χ2n) is 10.9. The Morgan fingerprint density at radius 1 is 1.27 bits per heavy atom. The molecule has 5 rings (SSSR count). The molecule has 6 heteroatoms. The SMILES string of the molecule is CC1(C)OC2C[C@H]3[C@@H]4CCC5=CC(=O)C=C[C@]5(C)[C@H]4[C@@H](O)C[C@]3(C)[C@]2(C(=O)CO)O1. The van der Waals surface area contributed by atoms with E-state index in [-0.39, 0.29) is 34.7 Å². The molecule has 3 saturated carbocycles. The fourth-order valence-electron chi connectivity index (χ4n) is 8.04. The Balaban J connectivity index is 1.59. The predicted molar refractivity (Wildman–Crippen MR) is 108 cm³/mol. The maximum Gasteiger partial charge on any atom is 0.193 e. The molecule has 1 saturated heterocycles. The highest BCUT2D eigenvalue weighted by Crippen LogP contribution is 2.70. The molecular weight excluding hydrogens is 384 g/mol. The third kappa shape index (κ3) is 2.34. The standard InChI is InChI=1S/C24H32O6/c1-21(2)29-19-10-16-15-6-5-13-9-14(26)7-8-22(13,3)20(15)17(27)11-23(16,4)24(19,30-21)18(28)12-25/h7-9,15-17,19-20,25,27H,5-6,10-12H2,1-4H3/t15-,16-,17-,19?,20+,22-,23-,24+/m0/s1. The van der Waals surface area contributed by atoms with Crippen molar-refractivity contribution in [2.75, 3.05) is 6.61 Å².